The normalized spacial score (nSPS) is 15.1. The van der Waals surface area contributed by atoms with E-state index in [-0.39, 0.29) is 0 Å². The Morgan fingerprint density at radius 2 is 2.06 bits per heavy atom. The van der Waals surface area contributed by atoms with E-state index in [0.717, 1.165) is 15.9 Å². The molecule has 1 aliphatic rings. The van der Waals surface area contributed by atoms with Gasteiger partial charge in [-0.1, -0.05) is 28.1 Å². The first-order valence-electron chi connectivity index (χ1n) is 5.42. The molecule has 2 nitrogen and oxygen atoms in total. The van der Waals surface area contributed by atoms with Gasteiger partial charge in [-0.3, -0.25) is 0 Å². The first-order valence-corrected chi connectivity index (χ1v) is 6.21. The lowest BCUT2D eigenvalue weighted by Gasteiger charge is -2.02. The lowest BCUT2D eigenvalue weighted by molar-refractivity contribution is 0.994. The smallest absolute Gasteiger partial charge is 0.159 e. The van der Waals surface area contributed by atoms with Crippen LogP contribution in [0.15, 0.2) is 41.0 Å². The second kappa shape index (κ2) is 3.98. The van der Waals surface area contributed by atoms with Gasteiger partial charge in [-0.15, -0.1) is 0 Å². The van der Waals surface area contributed by atoms with Gasteiger partial charge in [0.05, 0.1) is 0 Å². The quantitative estimate of drug-likeness (QED) is 0.833. The Labute approximate surface area is 103 Å². The molecule has 16 heavy (non-hydrogen) atoms. The predicted molar refractivity (Wildman–Crippen MR) is 67.1 cm³/mol. The third-order valence-corrected chi connectivity index (χ3v) is 3.25. The summed E-state index contributed by atoms with van der Waals surface area (Å²) in [6.07, 6.45) is 4.40. The summed E-state index contributed by atoms with van der Waals surface area (Å²) in [4.78, 5) is 8.94. The van der Waals surface area contributed by atoms with Crippen LogP contribution in [-0.4, -0.2) is 9.97 Å². The van der Waals surface area contributed by atoms with E-state index in [4.69, 9.17) is 0 Å². The van der Waals surface area contributed by atoms with Gasteiger partial charge in [-0.05, 0) is 31.0 Å². The highest BCUT2D eigenvalue weighted by atomic mass is 79.9. The molecular weight excluding hydrogens is 264 g/mol. The Bertz CT molecular complexity index is 521. The molecule has 0 aliphatic heterocycles. The third kappa shape index (κ3) is 2.00. The molecule has 1 fully saturated rings. The van der Waals surface area contributed by atoms with Crippen LogP contribution in [0, 0.1) is 0 Å². The van der Waals surface area contributed by atoms with Crippen molar-refractivity contribution in [1.82, 2.24) is 9.97 Å². The zero-order chi connectivity index (χ0) is 11.0. The molecule has 3 rings (SSSR count). The van der Waals surface area contributed by atoms with Gasteiger partial charge in [-0.2, -0.15) is 0 Å². The summed E-state index contributed by atoms with van der Waals surface area (Å²) in [5.74, 6) is 1.50. The number of benzene rings is 1. The van der Waals surface area contributed by atoms with Crippen molar-refractivity contribution in [1.29, 1.82) is 0 Å². The van der Waals surface area contributed by atoms with E-state index >= 15 is 0 Å². The van der Waals surface area contributed by atoms with Crippen molar-refractivity contribution in [2.75, 3.05) is 0 Å². The van der Waals surface area contributed by atoms with Gasteiger partial charge in [0.25, 0.3) is 0 Å². The molecule has 0 bridgehead atoms. The molecule has 1 aromatic heterocycles. The number of hydrogen-bond acceptors (Lipinski definition) is 2. The second-order valence-electron chi connectivity index (χ2n) is 4.09. The Kier molecular flexibility index (Phi) is 2.48. The van der Waals surface area contributed by atoms with E-state index in [2.05, 4.69) is 25.9 Å². The maximum atomic E-state index is 4.61. The van der Waals surface area contributed by atoms with E-state index in [1.807, 2.05) is 36.5 Å². The minimum atomic E-state index is 0.675. The van der Waals surface area contributed by atoms with Crippen molar-refractivity contribution < 1.29 is 0 Å². The summed E-state index contributed by atoms with van der Waals surface area (Å²) in [5, 5.41) is 0. The third-order valence-electron chi connectivity index (χ3n) is 2.76. The molecule has 0 unspecified atom stereocenters. The van der Waals surface area contributed by atoms with Gasteiger partial charge in [0.2, 0.25) is 0 Å². The molecule has 0 radical (unpaired) electrons. The molecule has 1 saturated carbocycles. The van der Waals surface area contributed by atoms with Gasteiger partial charge >= 0.3 is 0 Å². The van der Waals surface area contributed by atoms with E-state index in [9.17, 15) is 0 Å². The van der Waals surface area contributed by atoms with Crippen LogP contribution in [0.25, 0.3) is 11.4 Å². The first-order chi connectivity index (χ1) is 7.83. The number of nitrogens with zero attached hydrogens (tertiary/aromatic N) is 2. The highest BCUT2D eigenvalue weighted by molar-refractivity contribution is 9.10. The van der Waals surface area contributed by atoms with Crippen molar-refractivity contribution in [3.63, 3.8) is 0 Å². The van der Waals surface area contributed by atoms with Gasteiger partial charge < -0.3 is 0 Å². The Morgan fingerprint density at radius 1 is 1.19 bits per heavy atom. The van der Waals surface area contributed by atoms with Gasteiger partial charge in [-0.25, -0.2) is 9.97 Å². The number of aromatic nitrogens is 2. The van der Waals surface area contributed by atoms with Crippen LogP contribution in [0.5, 0.6) is 0 Å². The van der Waals surface area contributed by atoms with Crippen molar-refractivity contribution in [2.45, 2.75) is 18.8 Å². The van der Waals surface area contributed by atoms with Crippen molar-refractivity contribution in [3.8, 4) is 11.4 Å². The molecule has 0 atom stereocenters. The van der Waals surface area contributed by atoms with E-state index in [1.165, 1.54) is 18.5 Å². The molecule has 0 amide bonds. The van der Waals surface area contributed by atoms with Crippen molar-refractivity contribution in [3.05, 3.63) is 46.7 Å². The van der Waals surface area contributed by atoms with E-state index in [1.54, 1.807) is 0 Å². The molecule has 2 aromatic rings. The van der Waals surface area contributed by atoms with Gasteiger partial charge in [0.15, 0.2) is 5.82 Å². The van der Waals surface area contributed by atoms with E-state index < -0.39 is 0 Å². The standard InChI is InChI=1S/C13H11BrN2/c14-11-3-1-2-10(8-11)13-15-7-6-12(16-13)9-4-5-9/h1-3,6-9H,4-5H2. The van der Waals surface area contributed by atoms with Gasteiger partial charge in [0, 0.05) is 27.8 Å². The number of hydrogen-bond donors (Lipinski definition) is 0. The summed E-state index contributed by atoms with van der Waals surface area (Å²) in [6, 6.07) is 10.1. The average molecular weight is 275 g/mol. The van der Waals surface area contributed by atoms with E-state index in [0.29, 0.717) is 5.92 Å². The molecular formula is C13H11BrN2. The maximum Gasteiger partial charge on any atom is 0.159 e. The lowest BCUT2D eigenvalue weighted by atomic mass is 10.2. The first kappa shape index (κ1) is 9.97. The number of halogens is 1. The maximum absolute atomic E-state index is 4.61. The highest BCUT2D eigenvalue weighted by Crippen LogP contribution is 2.39. The largest absolute Gasteiger partial charge is 0.237 e. The number of rotatable bonds is 2. The van der Waals surface area contributed by atoms with Gasteiger partial charge in [0.1, 0.15) is 0 Å². The van der Waals surface area contributed by atoms with Crippen LogP contribution in [0.1, 0.15) is 24.5 Å². The second-order valence-corrected chi connectivity index (χ2v) is 5.01. The van der Waals surface area contributed by atoms with Crippen LogP contribution < -0.4 is 0 Å². The Morgan fingerprint density at radius 3 is 2.81 bits per heavy atom. The van der Waals surface area contributed by atoms with Crippen LogP contribution in [0.4, 0.5) is 0 Å². The summed E-state index contributed by atoms with van der Waals surface area (Å²) in [6.45, 7) is 0. The summed E-state index contributed by atoms with van der Waals surface area (Å²) in [7, 11) is 0. The minimum Gasteiger partial charge on any atom is -0.237 e. The molecule has 80 valence electrons. The molecule has 1 heterocycles. The topological polar surface area (TPSA) is 25.8 Å². The SMILES string of the molecule is Brc1cccc(-c2nccc(C3CC3)n2)c1. The van der Waals surface area contributed by atoms with Crippen LogP contribution in [0.3, 0.4) is 0 Å². The molecule has 1 aromatic carbocycles. The monoisotopic (exact) mass is 274 g/mol. The zero-order valence-electron chi connectivity index (χ0n) is 8.73. The van der Waals surface area contributed by atoms with Crippen LogP contribution >= 0.6 is 15.9 Å². The molecule has 3 heteroatoms. The molecule has 0 spiro atoms. The Balaban J connectivity index is 2.02. The summed E-state index contributed by atoms with van der Waals surface area (Å²) in [5.41, 5.74) is 2.25. The molecule has 0 N–H and O–H groups in total. The molecule has 0 saturated heterocycles. The Hall–Kier alpha value is -1.22. The zero-order valence-corrected chi connectivity index (χ0v) is 10.3. The average Bonchev–Trinajstić information content (AvgIpc) is 3.13. The summed E-state index contributed by atoms with van der Waals surface area (Å²) >= 11 is 3.46. The van der Waals surface area contributed by atoms with Crippen molar-refractivity contribution >= 4 is 15.9 Å². The van der Waals surface area contributed by atoms with Crippen LogP contribution in [-0.2, 0) is 0 Å². The summed E-state index contributed by atoms with van der Waals surface area (Å²) < 4.78 is 1.06. The van der Waals surface area contributed by atoms with Crippen molar-refractivity contribution in [2.24, 2.45) is 0 Å². The lowest BCUT2D eigenvalue weighted by Crippen LogP contribution is -1.93. The molecule has 1 aliphatic carbocycles. The predicted octanol–water partition coefficient (Wildman–Crippen LogP) is 3.78. The fourth-order valence-electron chi connectivity index (χ4n) is 1.75. The van der Waals surface area contributed by atoms with Crippen LogP contribution in [0.2, 0.25) is 0 Å². The fourth-order valence-corrected chi connectivity index (χ4v) is 2.15. The minimum absolute atomic E-state index is 0.675. The fraction of sp³-hybridized carbons (Fsp3) is 0.231. The highest BCUT2D eigenvalue weighted by Gasteiger charge is 2.25.